The highest BCUT2D eigenvalue weighted by molar-refractivity contribution is 6.32. The van der Waals surface area contributed by atoms with E-state index in [0.717, 1.165) is 12.3 Å². The SMILES string of the molecule is [B]c1c[nH]c(=O)cc1F. The van der Waals surface area contributed by atoms with Crippen LogP contribution in [0.4, 0.5) is 4.39 Å². The fourth-order valence-electron chi connectivity index (χ4n) is 0.458. The molecule has 2 radical (unpaired) electrons. The quantitative estimate of drug-likeness (QED) is 0.455. The molecule has 4 heteroatoms. The lowest BCUT2D eigenvalue weighted by Crippen LogP contribution is -2.16. The summed E-state index contributed by atoms with van der Waals surface area (Å²) in [4.78, 5) is 12.5. The van der Waals surface area contributed by atoms with Crippen LogP contribution < -0.4 is 11.0 Å². The lowest BCUT2D eigenvalue weighted by atomic mass is 9.98. The minimum atomic E-state index is -0.682. The van der Waals surface area contributed by atoms with Gasteiger partial charge in [-0.25, -0.2) is 4.39 Å². The van der Waals surface area contributed by atoms with E-state index in [1.165, 1.54) is 0 Å². The number of pyridine rings is 1. The molecule has 0 spiro atoms. The summed E-state index contributed by atoms with van der Waals surface area (Å²) in [5.74, 6) is -0.682. The molecular formula is C5H3BFNO. The molecule has 44 valence electrons. The Kier molecular flexibility index (Phi) is 1.38. The van der Waals surface area contributed by atoms with Gasteiger partial charge in [0.25, 0.3) is 5.56 Å². The lowest BCUT2D eigenvalue weighted by Gasteiger charge is -1.90. The Morgan fingerprint density at radius 1 is 1.67 bits per heavy atom. The van der Waals surface area contributed by atoms with Gasteiger partial charge in [-0.2, -0.15) is 0 Å². The highest BCUT2D eigenvalue weighted by Gasteiger charge is 1.93. The van der Waals surface area contributed by atoms with Gasteiger partial charge in [-0.1, -0.05) is 0 Å². The number of halogens is 1. The van der Waals surface area contributed by atoms with Gasteiger partial charge < -0.3 is 4.98 Å². The number of hydrogen-bond donors (Lipinski definition) is 1. The van der Waals surface area contributed by atoms with Crippen LogP contribution in [0.2, 0.25) is 0 Å². The molecule has 1 rings (SSSR count). The maximum Gasteiger partial charge on any atom is 0.250 e. The van der Waals surface area contributed by atoms with Crippen LogP contribution in [0.5, 0.6) is 0 Å². The zero-order valence-electron chi connectivity index (χ0n) is 4.52. The summed E-state index contributed by atoms with van der Waals surface area (Å²) >= 11 is 0. The van der Waals surface area contributed by atoms with Crippen molar-refractivity contribution in [1.82, 2.24) is 4.98 Å². The molecule has 0 unspecified atom stereocenters. The van der Waals surface area contributed by atoms with E-state index in [0.29, 0.717) is 0 Å². The number of aromatic nitrogens is 1. The van der Waals surface area contributed by atoms with Crippen molar-refractivity contribution in [3.8, 4) is 0 Å². The van der Waals surface area contributed by atoms with E-state index in [1.54, 1.807) is 0 Å². The van der Waals surface area contributed by atoms with Crippen LogP contribution in [0.15, 0.2) is 17.1 Å². The first-order valence-corrected chi connectivity index (χ1v) is 2.34. The zero-order valence-corrected chi connectivity index (χ0v) is 4.52. The third-order valence-electron chi connectivity index (χ3n) is 0.904. The van der Waals surface area contributed by atoms with Crippen molar-refractivity contribution < 1.29 is 4.39 Å². The van der Waals surface area contributed by atoms with E-state index in [9.17, 15) is 9.18 Å². The molecule has 1 N–H and O–H groups in total. The average Bonchev–Trinajstić information content (AvgIpc) is 1.80. The fourth-order valence-corrected chi connectivity index (χ4v) is 0.458. The Balaban J connectivity index is 3.34. The summed E-state index contributed by atoms with van der Waals surface area (Å²) in [6.07, 6.45) is 1.12. The summed E-state index contributed by atoms with van der Waals surface area (Å²) in [7, 11) is 5.04. The summed E-state index contributed by atoms with van der Waals surface area (Å²) in [6.45, 7) is 0. The van der Waals surface area contributed by atoms with E-state index in [2.05, 4.69) is 4.98 Å². The normalized spacial score (nSPS) is 9.44. The molecule has 9 heavy (non-hydrogen) atoms. The molecule has 0 aromatic carbocycles. The second kappa shape index (κ2) is 2.05. The van der Waals surface area contributed by atoms with Gasteiger partial charge in [-0.3, -0.25) is 4.79 Å². The molecule has 0 atom stereocenters. The van der Waals surface area contributed by atoms with Crippen LogP contribution in [-0.2, 0) is 0 Å². The van der Waals surface area contributed by atoms with Crippen LogP contribution in [0, 0.1) is 5.82 Å². The molecule has 2 nitrogen and oxygen atoms in total. The van der Waals surface area contributed by atoms with Crippen LogP contribution in [0.25, 0.3) is 0 Å². The Labute approximate surface area is 52.1 Å². The number of hydrogen-bond acceptors (Lipinski definition) is 1. The van der Waals surface area contributed by atoms with E-state index in [-0.39, 0.29) is 5.46 Å². The van der Waals surface area contributed by atoms with Crippen molar-refractivity contribution in [1.29, 1.82) is 0 Å². The van der Waals surface area contributed by atoms with E-state index < -0.39 is 11.4 Å². The van der Waals surface area contributed by atoms with Gasteiger partial charge >= 0.3 is 0 Å². The largest absolute Gasteiger partial charge is 0.330 e. The van der Waals surface area contributed by atoms with Crippen molar-refractivity contribution >= 4 is 13.3 Å². The van der Waals surface area contributed by atoms with Crippen molar-refractivity contribution in [3.63, 3.8) is 0 Å². The van der Waals surface area contributed by atoms with Gasteiger partial charge in [-0.05, 0) is 11.7 Å². The molecule has 0 saturated heterocycles. The Morgan fingerprint density at radius 2 is 2.33 bits per heavy atom. The van der Waals surface area contributed by atoms with Gasteiger partial charge in [0.15, 0.2) is 0 Å². The lowest BCUT2D eigenvalue weighted by molar-refractivity contribution is 0.632. The molecule has 0 fully saturated rings. The molecule has 1 heterocycles. The fraction of sp³-hybridized carbons (Fsp3) is 0. The van der Waals surface area contributed by atoms with Crippen LogP contribution in [0.1, 0.15) is 0 Å². The number of H-pyrrole nitrogens is 1. The molecule has 0 saturated carbocycles. The maximum absolute atomic E-state index is 12.2. The zero-order chi connectivity index (χ0) is 6.85. The van der Waals surface area contributed by atoms with Crippen LogP contribution in [0.3, 0.4) is 0 Å². The highest BCUT2D eigenvalue weighted by atomic mass is 19.1. The minimum Gasteiger partial charge on any atom is -0.330 e. The first kappa shape index (κ1) is 6.07. The molecular weight excluding hydrogens is 120 g/mol. The van der Waals surface area contributed by atoms with Crippen molar-refractivity contribution in [2.45, 2.75) is 0 Å². The predicted molar refractivity (Wildman–Crippen MR) is 32.4 cm³/mol. The van der Waals surface area contributed by atoms with Gasteiger partial charge in [0.1, 0.15) is 13.7 Å². The summed E-state index contributed by atoms with van der Waals surface area (Å²) in [6, 6.07) is 0.801. The highest BCUT2D eigenvalue weighted by Crippen LogP contribution is 1.80. The average molecular weight is 123 g/mol. The van der Waals surface area contributed by atoms with Crippen LogP contribution >= 0.6 is 0 Å². The van der Waals surface area contributed by atoms with Gasteiger partial charge in [-0.15, -0.1) is 0 Å². The summed E-state index contributed by atoms with van der Waals surface area (Å²) in [5.41, 5.74) is -0.531. The van der Waals surface area contributed by atoms with E-state index in [1.807, 2.05) is 0 Å². The first-order valence-electron chi connectivity index (χ1n) is 2.34. The van der Waals surface area contributed by atoms with Crippen LogP contribution in [-0.4, -0.2) is 12.8 Å². The third-order valence-corrected chi connectivity index (χ3v) is 0.904. The molecule has 0 amide bonds. The molecule has 0 bridgehead atoms. The van der Waals surface area contributed by atoms with Crippen molar-refractivity contribution in [2.24, 2.45) is 0 Å². The van der Waals surface area contributed by atoms with Gasteiger partial charge in [0, 0.05) is 6.07 Å². The summed E-state index contributed by atoms with van der Waals surface area (Å²) < 4.78 is 12.2. The van der Waals surface area contributed by atoms with E-state index >= 15 is 0 Å². The Morgan fingerprint density at radius 3 is 2.78 bits per heavy atom. The maximum atomic E-state index is 12.2. The topological polar surface area (TPSA) is 32.9 Å². The summed E-state index contributed by atoms with van der Waals surface area (Å²) in [5, 5.41) is 0. The first-order chi connectivity index (χ1) is 4.20. The third kappa shape index (κ3) is 1.19. The standard InChI is InChI=1S/C5H3BFNO/c6-3-2-8-5(9)1-4(3)7/h1-2H,(H,8,9). The van der Waals surface area contributed by atoms with Crippen molar-refractivity contribution in [3.05, 3.63) is 28.4 Å². The molecule has 0 aliphatic carbocycles. The molecule has 0 aliphatic heterocycles. The predicted octanol–water partition coefficient (Wildman–Crippen LogP) is -0.692. The Hall–Kier alpha value is -1.06. The molecule has 1 aromatic rings. The second-order valence-electron chi connectivity index (χ2n) is 1.60. The monoisotopic (exact) mass is 123 g/mol. The molecule has 1 aromatic heterocycles. The molecule has 0 aliphatic rings. The minimum absolute atomic E-state index is 0.0467. The number of rotatable bonds is 0. The number of aromatic amines is 1. The second-order valence-corrected chi connectivity index (χ2v) is 1.60. The Bertz CT molecular complexity index is 270. The smallest absolute Gasteiger partial charge is 0.250 e. The van der Waals surface area contributed by atoms with Crippen molar-refractivity contribution in [2.75, 3.05) is 0 Å². The van der Waals surface area contributed by atoms with E-state index in [4.69, 9.17) is 7.85 Å². The number of nitrogens with one attached hydrogen (secondary N) is 1. The van der Waals surface area contributed by atoms with Gasteiger partial charge in [0.2, 0.25) is 0 Å². The van der Waals surface area contributed by atoms with Gasteiger partial charge in [0.05, 0.1) is 0 Å².